The minimum atomic E-state index is -1.90. The number of halogens is 4. The smallest absolute Gasteiger partial charge is 0.319 e. The van der Waals surface area contributed by atoms with Crippen LogP contribution in [0.25, 0.3) is 0 Å². The number of alkyl halides is 3. The molecule has 3 N–H and O–H groups in total. The Morgan fingerprint density at radius 3 is 2.22 bits per heavy atom. The molecule has 18 heavy (non-hydrogen) atoms. The van der Waals surface area contributed by atoms with Crippen LogP contribution >= 0.6 is 46.4 Å². The second-order valence-electron chi connectivity index (χ2n) is 3.48. The second-order valence-corrected chi connectivity index (χ2v) is 6.29. The van der Waals surface area contributed by atoms with Crippen LogP contribution in [0.5, 0.6) is 0 Å². The number of carbonyl (C=O) groups is 1. The van der Waals surface area contributed by atoms with Crippen LogP contribution in [0.15, 0.2) is 24.3 Å². The fourth-order valence-electron chi connectivity index (χ4n) is 1.22. The molecule has 1 unspecified atom stereocenters. The number of rotatable bonds is 3. The van der Waals surface area contributed by atoms with Crippen LogP contribution in [0.3, 0.4) is 0 Å². The molecule has 4 nitrogen and oxygen atoms in total. The summed E-state index contributed by atoms with van der Waals surface area (Å²) in [6.45, 7) is -0.243. The number of benzene rings is 1. The van der Waals surface area contributed by atoms with E-state index in [4.69, 9.17) is 52.1 Å². The molecule has 0 saturated carbocycles. The Bertz CT molecular complexity index is 419. The molecule has 2 amide bonds. The summed E-state index contributed by atoms with van der Waals surface area (Å²) in [7, 11) is 0. The van der Waals surface area contributed by atoms with E-state index in [0.717, 1.165) is 4.90 Å². The third kappa shape index (κ3) is 4.37. The Morgan fingerprint density at radius 1 is 1.33 bits per heavy atom. The Balaban J connectivity index is 2.91. The summed E-state index contributed by atoms with van der Waals surface area (Å²) >= 11 is 22.3. The van der Waals surface area contributed by atoms with Crippen molar-refractivity contribution in [3.63, 3.8) is 0 Å². The number of aliphatic hydroxyl groups excluding tert-OH is 1. The van der Waals surface area contributed by atoms with Gasteiger partial charge in [0.1, 0.15) is 6.10 Å². The van der Waals surface area contributed by atoms with E-state index in [0.29, 0.717) is 10.7 Å². The van der Waals surface area contributed by atoms with Gasteiger partial charge in [-0.25, -0.2) is 4.79 Å². The molecule has 0 aliphatic rings. The molecular weight excluding hydrogens is 322 g/mol. The van der Waals surface area contributed by atoms with E-state index in [2.05, 4.69) is 0 Å². The molecule has 0 saturated heterocycles. The summed E-state index contributed by atoms with van der Waals surface area (Å²) in [5.74, 6) is 0. The van der Waals surface area contributed by atoms with Gasteiger partial charge in [0.25, 0.3) is 0 Å². The van der Waals surface area contributed by atoms with Crippen LogP contribution in [0.1, 0.15) is 0 Å². The minimum absolute atomic E-state index is 0.243. The molecular formula is C10H10Cl4N2O2. The SMILES string of the molecule is NC(=O)N(CC(O)C(Cl)(Cl)Cl)c1ccc(Cl)cc1. The molecule has 0 spiro atoms. The number of anilines is 1. The zero-order valence-corrected chi connectivity index (χ0v) is 12.0. The lowest BCUT2D eigenvalue weighted by molar-refractivity contribution is 0.183. The molecule has 0 fully saturated rings. The fourth-order valence-corrected chi connectivity index (χ4v) is 1.55. The quantitative estimate of drug-likeness (QED) is 0.836. The van der Waals surface area contributed by atoms with E-state index in [1.165, 1.54) is 0 Å². The van der Waals surface area contributed by atoms with E-state index in [1.54, 1.807) is 24.3 Å². The Labute approximate surface area is 124 Å². The Morgan fingerprint density at radius 2 is 1.83 bits per heavy atom. The summed E-state index contributed by atoms with van der Waals surface area (Å²) < 4.78 is -1.90. The van der Waals surface area contributed by atoms with Crippen molar-refractivity contribution in [2.24, 2.45) is 5.73 Å². The van der Waals surface area contributed by atoms with Gasteiger partial charge in [-0.2, -0.15) is 0 Å². The van der Waals surface area contributed by atoms with Crippen molar-refractivity contribution in [1.82, 2.24) is 0 Å². The maximum absolute atomic E-state index is 11.3. The number of hydrogen-bond acceptors (Lipinski definition) is 2. The first-order valence-corrected chi connectivity index (χ1v) is 6.30. The molecule has 1 atom stereocenters. The van der Waals surface area contributed by atoms with Crippen molar-refractivity contribution in [2.45, 2.75) is 9.90 Å². The Kier molecular flexibility index (Phi) is 5.37. The van der Waals surface area contributed by atoms with Crippen LogP contribution in [-0.2, 0) is 0 Å². The summed E-state index contributed by atoms with van der Waals surface area (Å²) in [6.07, 6.45) is -1.37. The standard InChI is InChI=1S/C10H10Cl4N2O2/c11-6-1-3-7(4-2-6)16(9(15)18)5-8(17)10(12,13)14/h1-4,8,17H,5H2,(H2,15,18). The average Bonchev–Trinajstić information content (AvgIpc) is 2.25. The van der Waals surface area contributed by atoms with Gasteiger partial charge in [0, 0.05) is 10.7 Å². The number of primary amides is 1. The number of nitrogens with two attached hydrogens (primary N) is 1. The highest BCUT2D eigenvalue weighted by Crippen LogP contribution is 2.31. The van der Waals surface area contributed by atoms with Gasteiger partial charge < -0.3 is 10.8 Å². The topological polar surface area (TPSA) is 66.6 Å². The number of aliphatic hydroxyl groups is 1. The number of urea groups is 1. The van der Waals surface area contributed by atoms with Gasteiger partial charge in [-0.05, 0) is 24.3 Å². The van der Waals surface area contributed by atoms with E-state index < -0.39 is 15.9 Å². The zero-order valence-electron chi connectivity index (χ0n) is 8.99. The lowest BCUT2D eigenvalue weighted by Crippen LogP contribution is -2.45. The van der Waals surface area contributed by atoms with E-state index >= 15 is 0 Å². The lowest BCUT2D eigenvalue weighted by atomic mass is 10.2. The number of carbonyl (C=O) groups excluding carboxylic acids is 1. The van der Waals surface area contributed by atoms with Crippen LogP contribution in [0, 0.1) is 0 Å². The molecule has 0 aliphatic heterocycles. The van der Waals surface area contributed by atoms with Crippen LogP contribution in [0.2, 0.25) is 5.02 Å². The zero-order chi connectivity index (χ0) is 13.9. The van der Waals surface area contributed by atoms with Crippen molar-refractivity contribution in [1.29, 1.82) is 0 Å². The summed E-state index contributed by atoms with van der Waals surface area (Å²) in [5.41, 5.74) is 5.66. The summed E-state index contributed by atoms with van der Waals surface area (Å²) in [6, 6.07) is 5.52. The lowest BCUT2D eigenvalue weighted by Gasteiger charge is -2.26. The van der Waals surface area contributed by atoms with Gasteiger partial charge in [-0.15, -0.1) is 0 Å². The van der Waals surface area contributed by atoms with Gasteiger partial charge in [0.15, 0.2) is 0 Å². The van der Waals surface area contributed by atoms with Crippen molar-refractivity contribution in [3.8, 4) is 0 Å². The highest BCUT2D eigenvalue weighted by Gasteiger charge is 2.33. The van der Waals surface area contributed by atoms with Crippen LogP contribution in [-0.4, -0.2) is 27.6 Å². The second kappa shape index (κ2) is 6.17. The van der Waals surface area contributed by atoms with Crippen LogP contribution in [0.4, 0.5) is 10.5 Å². The molecule has 0 aliphatic carbocycles. The number of hydrogen-bond donors (Lipinski definition) is 2. The predicted octanol–water partition coefficient (Wildman–Crippen LogP) is 2.96. The van der Waals surface area contributed by atoms with Gasteiger partial charge in [-0.1, -0.05) is 46.4 Å². The first-order chi connectivity index (χ1) is 8.21. The molecule has 100 valence electrons. The monoisotopic (exact) mass is 330 g/mol. The first kappa shape index (κ1) is 15.7. The molecule has 8 heteroatoms. The van der Waals surface area contributed by atoms with Gasteiger partial charge in [0.05, 0.1) is 6.54 Å². The third-order valence-corrected chi connectivity index (χ3v) is 3.15. The molecule has 1 aromatic carbocycles. The van der Waals surface area contributed by atoms with E-state index in [9.17, 15) is 9.90 Å². The largest absolute Gasteiger partial charge is 0.387 e. The molecule has 0 heterocycles. The normalized spacial score (nSPS) is 13.2. The van der Waals surface area contributed by atoms with Gasteiger partial charge in [0.2, 0.25) is 3.79 Å². The average molecular weight is 332 g/mol. The molecule has 0 radical (unpaired) electrons. The van der Waals surface area contributed by atoms with Crippen molar-refractivity contribution >= 4 is 58.1 Å². The molecule has 1 aromatic rings. The molecule has 0 bridgehead atoms. The van der Waals surface area contributed by atoms with Crippen molar-refractivity contribution in [3.05, 3.63) is 29.3 Å². The maximum Gasteiger partial charge on any atom is 0.319 e. The summed E-state index contributed by atoms with van der Waals surface area (Å²) in [5, 5.41) is 10.2. The highest BCUT2D eigenvalue weighted by atomic mass is 35.6. The molecule has 1 rings (SSSR count). The van der Waals surface area contributed by atoms with Gasteiger partial charge in [-0.3, -0.25) is 4.90 Å². The highest BCUT2D eigenvalue weighted by molar-refractivity contribution is 6.68. The van der Waals surface area contributed by atoms with Crippen molar-refractivity contribution < 1.29 is 9.90 Å². The maximum atomic E-state index is 11.3. The van der Waals surface area contributed by atoms with Gasteiger partial charge >= 0.3 is 6.03 Å². The number of amides is 2. The van der Waals surface area contributed by atoms with Crippen molar-refractivity contribution in [2.75, 3.05) is 11.4 Å². The predicted molar refractivity (Wildman–Crippen MR) is 74.7 cm³/mol. The van der Waals surface area contributed by atoms with E-state index in [1.807, 2.05) is 0 Å². The minimum Gasteiger partial charge on any atom is -0.387 e. The third-order valence-electron chi connectivity index (χ3n) is 2.14. The number of nitrogens with zero attached hydrogens (tertiary/aromatic N) is 1. The first-order valence-electron chi connectivity index (χ1n) is 4.79. The van der Waals surface area contributed by atoms with E-state index in [-0.39, 0.29) is 6.54 Å². The Hall–Kier alpha value is -0.390. The summed E-state index contributed by atoms with van der Waals surface area (Å²) in [4.78, 5) is 12.4. The fraction of sp³-hybridized carbons (Fsp3) is 0.300. The molecule has 0 aromatic heterocycles. The van der Waals surface area contributed by atoms with Crippen LogP contribution < -0.4 is 10.6 Å².